The van der Waals surface area contributed by atoms with Crippen LogP contribution in [-0.2, 0) is 0 Å². The lowest BCUT2D eigenvalue weighted by Crippen LogP contribution is -2.46. The molecule has 1 aliphatic rings. The summed E-state index contributed by atoms with van der Waals surface area (Å²) in [5.41, 5.74) is 1.51. The average Bonchev–Trinajstić information content (AvgIpc) is 2.39. The van der Waals surface area contributed by atoms with Crippen LogP contribution in [0, 0.1) is 29.6 Å². The Bertz CT molecular complexity index is 503. The van der Waals surface area contributed by atoms with Gasteiger partial charge in [0.2, 0.25) is 0 Å². The second-order valence-electron chi connectivity index (χ2n) is 4.39. The Hall–Kier alpha value is -2.11. The van der Waals surface area contributed by atoms with Gasteiger partial charge in [0.05, 0.1) is 24.2 Å². The summed E-state index contributed by atoms with van der Waals surface area (Å²) in [6, 6.07) is 7.94. The molecule has 1 saturated heterocycles. The molecular formula is C13H15N5. The van der Waals surface area contributed by atoms with E-state index in [4.69, 9.17) is 10.5 Å². The van der Waals surface area contributed by atoms with Crippen LogP contribution in [0.5, 0.6) is 0 Å². The van der Waals surface area contributed by atoms with Gasteiger partial charge in [-0.1, -0.05) is 0 Å². The van der Waals surface area contributed by atoms with Crippen molar-refractivity contribution in [2.24, 2.45) is 0 Å². The van der Waals surface area contributed by atoms with E-state index in [1.807, 2.05) is 13.0 Å². The minimum absolute atomic E-state index is 0.485. The molecule has 92 valence electrons. The Balaban J connectivity index is 2.08. The molecule has 0 aromatic carbocycles. The first-order valence-electron chi connectivity index (χ1n) is 5.96. The van der Waals surface area contributed by atoms with Crippen LogP contribution in [0.15, 0.2) is 12.1 Å². The number of aromatic nitrogens is 1. The van der Waals surface area contributed by atoms with Crippen molar-refractivity contribution < 1.29 is 0 Å². The minimum atomic E-state index is 0.485. The number of rotatable bonds is 2. The number of aryl methyl sites for hydroxylation is 1. The van der Waals surface area contributed by atoms with E-state index in [2.05, 4.69) is 26.9 Å². The lowest BCUT2D eigenvalue weighted by atomic mass is 10.2. The van der Waals surface area contributed by atoms with Gasteiger partial charge in [0.1, 0.15) is 5.82 Å². The molecule has 5 nitrogen and oxygen atoms in total. The highest BCUT2D eigenvalue weighted by atomic mass is 15.3. The third-order valence-corrected chi connectivity index (χ3v) is 3.06. The van der Waals surface area contributed by atoms with Crippen LogP contribution in [0.4, 0.5) is 5.82 Å². The van der Waals surface area contributed by atoms with Gasteiger partial charge in [0, 0.05) is 31.9 Å². The predicted octanol–water partition coefficient (Wildman–Crippen LogP) is 0.907. The normalized spacial score (nSPS) is 16.1. The second-order valence-corrected chi connectivity index (χ2v) is 4.39. The molecule has 0 atom stereocenters. The molecule has 1 fully saturated rings. The summed E-state index contributed by atoms with van der Waals surface area (Å²) in [4.78, 5) is 8.76. The summed E-state index contributed by atoms with van der Waals surface area (Å²) in [5, 5.41) is 17.6. The highest BCUT2D eigenvalue weighted by Gasteiger charge is 2.18. The summed E-state index contributed by atoms with van der Waals surface area (Å²) >= 11 is 0. The molecule has 0 spiro atoms. The van der Waals surface area contributed by atoms with Gasteiger partial charge in [0.25, 0.3) is 0 Å². The molecule has 1 aromatic heterocycles. The molecule has 2 heterocycles. The number of nitrogens with zero attached hydrogens (tertiary/aromatic N) is 5. The van der Waals surface area contributed by atoms with Crippen LogP contribution in [-0.4, -0.2) is 42.6 Å². The van der Waals surface area contributed by atoms with Crippen LogP contribution in [0.1, 0.15) is 11.3 Å². The van der Waals surface area contributed by atoms with Crippen LogP contribution in [0.3, 0.4) is 0 Å². The molecule has 0 saturated carbocycles. The third kappa shape index (κ3) is 2.77. The standard InChI is InChI=1S/C13H15N5/c1-11-8-12(10-15)9-13(16-11)18-6-4-17(3-2-14)5-7-18/h8-9H,3-7H2,1H3. The van der Waals surface area contributed by atoms with E-state index in [0.717, 1.165) is 37.7 Å². The van der Waals surface area contributed by atoms with E-state index in [-0.39, 0.29) is 0 Å². The number of piperazine rings is 1. The van der Waals surface area contributed by atoms with E-state index in [9.17, 15) is 0 Å². The molecule has 1 aromatic rings. The van der Waals surface area contributed by atoms with Crippen molar-refractivity contribution in [3.05, 3.63) is 23.4 Å². The summed E-state index contributed by atoms with van der Waals surface area (Å²) in [7, 11) is 0. The minimum Gasteiger partial charge on any atom is -0.354 e. The fourth-order valence-electron chi connectivity index (χ4n) is 2.11. The quantitative estimate of drug-likeness (QED) is 0.720. The Morgan fingerprint density at radius 1 is 1.22 bits per heavy atom. The van der Waals surface area contributed by atoms with Gasteiger partial charge in [0.15, 0.2) is 0 Å². The van der Waals surface area contributed by atoms with Crippen molar-refractivity contribution in [2.45, 2.75) is 6.92 Å². The van der Waals surface area contributed by atoms with Gasteiger partial charge in [-0.2, -0.15) is 10.5 Å². The van der Waals surface area contributed by atoms with Gasteiger partial charge in [-0.15, -0.1) is 0 Å². The molecule has 18 heavy (non-hydrogen) atoms. The molecule has 5 heteroatoms. The first kappa shape index (κ1) is 12.3. The first-order valence-corrected chi connectivity index (χ1v) is 5.96. The number of hydrogen-bond donors (Lipinski definition) is 0. The predicted molar refractivity (Wildman–Crippen MR) is 68.0 cm³/mol. The monoisotopic (exact) mass is 241 g/mol. The van der Waals surface area contributed by atoms with Gasteiger partial charge >= 0.3 is 0 Å². The van der Waals surface area contributed by atoms with Gasteiger partial charge in [-0.05, 0) is 19.1 Å². The maximum absolute atomic E-state index is 8.96. The summed E-state index contributed by atoms with van der Waals surface area (Å²) < 4.78 is 0. The van der Waals surface area contributed by atoms with Crippen LogP contribution >= 0.6 is 0 Å². The van der Waals surface area contributed by atoms with Crippen molar-refractivity contribution >= 4 is 5.82 Å². The lowest BCUT2D eigenvalue weighted by molar-refractivity contribution is 0.286. The van der Waals surface area contributed by atoms with Crippen molar-refractivity contribution in [1.82, 2.24) is 9.88 Å². The third-order valence-electron chi connectivity index (χ3n) is 3.06. The van der Waals surface area contributed by atoms with Gasteiger partial charge < -0.3 is 4.90 Å². The highest BCUT2D eigenvalue weighted by Crippen LogP contribution is 2.16. The molecule has 0 N–H and O–H groups in total. The van der Waals surface area contributed by atoms with Crippen LogP contribution < -0.4 is 4.90 Å². The van der Waals surface area contributed by atoms with E-state index >= 15 is 0 Å². The Labute approximate surface area is 107 Å². The first-order chi connectivity index (χ1) is 8.72. The Morgan fingerprint density at radius 2 is 1.94 bits per heavy atom. The molecule has 2 rings (SSSR count). The van der Waals surface area contributed by atoms with Crippen LogP contribution in [0.2, 0.25) is 0 Å². The zero-order valence-corrected chi connectivity index (χ0v) is 10.4. The summed E-state index contributed by atoms with van der Waals surface area (Å²) in [5.74, 6) is 0.864. The molecular weight excluding hydrogens is 226 g/mol. The van der Waals surface area contributed by atoms with Gasteiger partial charge in [-0.3, -0.25) is 4.90 Å². The largest absolute Gasteiger partial charge is 0.354 e. The van der Waals surface area contributed by atoms with Crippen molar-refractivity contribution in [2.75, 3.05) is 37.6 Å². The van der Waals surface area contributed by atoms with E-state index in [1.165, 1.54) is 0 Å². The Morgan fingerprint density at radius 3 is 2.56 bits per heavy atom. The number of hydrogen-bond acceptors (Lipinski definition) is 5. The molecule has 0 aliphatic carbocycles. The molecule has 0 unspecified atom stereocenters. The molecule has 0 radical (unpaired) electrons. The number of nitriles is 2. The zero-order chi connectivity index (χ0) is 13.0. The molecule has 1 aliphatic heterocycles. The maximum atomic E-state index is 8.96. The Kier molecular flexibility index (Phi) is 3.76. The van der Waals surface area contributed by atoms with Crippen molar-refractivity contribution in [3.63, 3.8) is 0 Å². The molecule has 0 amide bonds. The lowest BCUT2D eigenvalue weighted by Gasteiger charge is -2.34. The fourth-order valence-corrected chi connectivity index (χ4v) is 2.11. The summed E-state index contributed by atoms with van der Waals surface area (Å²) in [6.07, 6.45) is 0. The topological polar surface area (TPSA) is 67.0 Å². The van der Waals surface area contributed by atoms with E-state index in [1.54, 1.807) is 6.07 Å². The van der Waals surface area contributed by atoms with Crippen LogP contribution in [0.25, 0.3) is 0 Å². The van der Waals surface area contributed by atoms with Gasteiger partial charge in [-0.25, -0.2) is 4.98 Å². The summed E-state index contributed by atoms with van der Waals surface area (Å²) in [6.45, 7) is 5.82. The SMILES string of the molecule is Cc1cc(C#N)cc(N2CCN(CC#N)CC2)n1. The van der Waals surface area contributed by atoms with Crippen molar-refractivity contribution in [3.8, 4) is 12.1 Å². The maximum Gasteiger partial charge on any atom is 0.130 e. The number of pyridine rings is 1. The highest BCUT2D eigenvalue weighted by molar-refractivity contribution is 5.47. The van der Waals surface area contributed by atoms with E-state index < -0.39 is 0 Å². The zero-order valence-electron chi connectivity index (χ0n) is 10.4. The van der Waals surface area contributed by atoms with E-state index in [0.29, 0.717) is 12.1 Å². The molecule has 0 bridgehead atoms. The average molecular weight is 241 g/mol. The van der Waals surface area contributed by atoms with Crippen molar-refractivity contribution in [1.29, 1.82) is 10.5 Å². The smallest absolute Gasteiger partial charge is 0.130 e. The second kappa shape index (κ2) is 5.48. The number of anilines is 1. The fraction of sp³-hybridized carbons (Fsp3) is 0.462.